The van der Waals surface area contributed by atoms with Gasteiger partial charge in [-0.2, -0.15) is 0 Å². The number of hydrogen-bond acceptors (Lipinski definition) is 3. The second-order valence-corrected chi connectivity index (χ2v) is 5.06. The van der Waals surface area contributed by atoms with Gasteiger partial charge in [0.2, 0.25) is 0 Å². The largest absolute Gasteiger partial charge is 0.439 e. The third-order valence-electron chi connectivity index (χ3n) is 3.23. The van der Waals surface area contributed by atoms with Crippen molar-refractivity contribution in [3.8, 4) is 0 Å². The lowest BCUT2D eigenvalue weighted by Gasteiger charge is -2.04. The summed E-state index contributed by atoms with van der Waals surface area (Å²) < 4.78 is 6.80. The van der Waals surface area contributed by atoms with Gasteiger partial charge in [0, 0.05) is 24.1 Å². The van der Waals surface area contributed by atoms with Gasteiger partial charge in [-0.1, -0.05) is 18.2 Å². The summed E-state index contributed by atoms with van der Waals surface area (Å²) in [5.41, 5.74) is 6.04. The molecule has 0 unspecified atom stereocenters. The molecule has 3 rings (SSSR count). The number of carbonyl (C=O) groups excluding carboxylic acids is 2. The van der Waals surface area contributed by atoms with E-state index in [2.05, 4.69) is 10.9 Å². The molecular formula is C15H12ClN3O3. The Hall–Kier alpha value is -2.73. The molecule has 112 valence electrons. The van der Waals surface area contributed by atoms with Crippen molar-refractivity contribution in [3.05, 3.63) is 59.1 Å². The fourth-order valence-corrected chi connectivity index (χ4v) is 2.35. The number of nitrogens with zero attached hydrogens (tertiary/aromatic N) is 1. The Morgan fingerprint density at radius 1 is 1.09 bits per heavy atom. The number of fused-ring (bicyclic) bond motifs is 1. The smallest absolute Gasteiger partial charge is 0.305 e. The first kappa shape index (κ1) is 14.2. The van der Waals surface area contributed by atoms with E-state index < -0.39 is 11.8 Å². The van der Waals surface area contributed by atoms with Gasteiger partial charge in [-0.25, -0.2) is 0 Å². The van der Waals surface area contributed by atoms with Gasteiger partial charge in [0.15, 0.2) is 11.0 Å². The Morgan fingerprint density at radius 3 is 2.55 bits per heavy atom. The third kappa shape index (κ3) is 2.56. The van der Waals surface area contributed by atoms with E-state index in [-0.39, 0.29) is 11.0 Å². The van der Waals surface area contributed by atoms with E-state index >= 15 is 0 Å². The predicted molar refractivity (Wildman–Crippen MR) is 81.6 cm³/mol. The number of halogens is 1. The highest BCUT2D eigenvalue weighted by Gasteiger charge is 2.16. The Bertz CT molecular complexity index is 866. The van der Waals surface area contributed by atoms with Crippen LogP contribution in [0, 0.1) is 0 Å². The quantitative estimate of drug-likeness (QED) is 0.713. The third-order valence-corrected chi connectivity index (χ3v) is 3.43. The van der Waals surface area contributed by atoms with Crippen LogP contribution < -0.4 is 10.9 Å². The average molecular weight is 318 g/mol. The van der Waals surface area contributed by atoms with Crippen molar-refractivity contribution in [2.75, 3.05) is 0 Å². The molecule has 0 fully saturated rings. The Balaban J connectivity index is 1.75. The molecule has 2 heterocycles. The van der Waals surface area contributed by atoms with Crippen LogP contribution in [-0.2, 0) is 7.05 Å². The lowest BCUT2D eigenvalue weighted by Crippen LogP contribution is -2.41. The van der Waals surface area contributed by atoms with Crippen LogP contribution in [0.3, 0.4) is 0 Å². The Kier molecular flexibility index (Phi) is 3.60. The molecule has 2 N–H and O–H groups in total. The van der Waals surface area contributed by atoms with E-state index in [4.69, 9.17) is 16.0 Å². The lowest BCUT2D eigenvalue weighted by atomic mass is 10.2. The number of nitrogens with one attached hydrogen (secondary N) is 2. The van der Waals surface area contributed by atoms with Crippen LogP contribution in [0.25, 0.3) is 10.9 Å². The zero-order valence-corrected chi connectivity index (χ0v) is 12.3. The average Bonchev–Trinajstić information content (AvgIpc) is 3.09. The minimum atomic E-state index is -0.583. The zero-order chi connectivity index (χ0) is 15.7. The maximum Gasteiger partial charge on any atom is 0.305 e. The summed E-state index contributed by atoms with van der Waals surface area (Å²) in [5.74, 6) is -0.980. The molecule has 1 aromatic carbocycles. The van der Waals surface area contributed by atoms with Crippen LogP contribution in [-0.4, -0.2) is 16.4 Å². The van der Waals surface area contributed by atoms with Gasteiger partial charge in [0.1, 0.15) is 0 Å². The molecule has 0 saturated heterocycles. The molecule has 0 aliphatic heterocycles. The van der Waals surface area contributed by atoms with Gasteiger partial charge < -0.3 is 8.98 Å². The van der Waals surface area contributed by atoms with Crippen LogP contribution in [0.1, 0.15) is 20.9 Å². The second-order valence-electron chi connectivity index (χ2n) is 4.68. The highest BCUT2D eigenvalue weighted by atomic mass is 35.5. The van der Waals surface area contributed by atoms with Gasteiger partial charge in [0.05, 0.1) is 5.56 Å². The molecule has 0 aliphatic carbocycles. The summed E-state index contributed by atoms with van der Waals surface area (Å²) in [5, 5.41) is 0.906. The van der Waals surface area contributed by atoms with E-state index in [9.17, 15) is 9.59 Å². The molecule has 0 saturated carbocycles. The van der Waals surface area contributed by atoms with Crippen LogP contribution >= 0.6 is 11.6 Å². The fourth-order valence-electron chi connectivity index (χ4n) is 2.20. The van der Waals surface area contributed by atoms with Crippen molar-refractivity contribution < 1.29 is 14.0 Å². The zero-order valence-electron chi connectivity index (χ0n) is 11.6. The SMILES string of the molecule is Cn1cc(C(=O)NNC(=O)c2ccc(Cl)o2)c2ccccc21. The van der Waals surface area contributed by atoms with Crippen molar-refractivity contribution >= 4 is 34.3 Å². The monoisotopic (exact) mass is 317 g/mol. The number of rotatable bonds is 2. The van der Waals surface area contributed by atoms with Gasteiger partial charge in [0.25, 0.3) is 5.91 Å². The predicted octanol–water partition coefficient (Wildman–Crippen LogP) is 2.50. The molecule has 2 aromatic heterocycles. The van der Waals surface area contributed by atoms with Gasteiger partial charge in [-0.05, 0) is 29.8 Å². The molecule has 0 aliphatic rings. The van der Waals surface area contributed by atoms with Crippen molar-refractivity contribution in [1.29, 1.82) is 0 Å². The van der Waals surface area contributed by atoms with Crippen molar-refractivity contribution in [2.45, 2.75) is 0 Å². The molecule has 0 atom stereocenters. The summed E-state index contributed by atoms with van der Waals surface area (Å²) in [6, 6.07) is 10.4. The van der Waals surface area contributed by atoms with Crippen LogP contribution in [0.2, 0.25) is 5.22 Å². The number of aromatic nitrogens is 1. The van der Waals surface area contributed by atoms with Crippen LogP contribution in [0.4, 0.5) is 0 Å². The minimum Gasteiger partial charge on any atom is -0.439 e. The number of para-hydroxylation sites is 1. The van der Waals surface area contributed by atoms with E-state index in [0.29, 0.717) is 5.56 Å². The maximum absolute atomic E-state index is 12.2. The first-order valence-corrected chi connectivity index (χ1v) is 6.84. The number of amides is 2. The lowest BCUT2D eigenvalue weighted by molar-refractivity contribution is 0.0831. The first-order chi connectivity index (χ1) is 10.6. The summed E-state index contributed by atoms with van der Waals surface area (Å²) in [4.78, 5) is 24.0. The number of hydrazine groups is 1. The van der Waals surface area contributed by atoms with Crippen molar-refractivity contribution in [1.82, 2.24) is 15.4 Å². The van der Waals surface area contributed by atoms with E-state index in [1.807, 2.05) is 35.9 Å². The number of benzene rings is 1. The number of furan rings is 1. The van der Waals surface area contributed by atoms with Crippen molar-refractivity contribution in [2.24, 2.45) is 7.05 Å². The van der Waals surface area contributed by atoms with E-state index in [1.54, 1.807) is 6.20 Å². The molecule has 3 aromatic rings. The molecule has 2 amide bonds. The molecule has 7 heteroatoms. The van der Waals surface area contributed by atoms with Crippen LogP contribution in [0.15, 0.2) is 47.0 Å². The topological polar surface area (TPSA) is 76.3 Å². The number of aryl methyl sites for hydroxylation is 1. The summed E-state index contributed by atoms with van der Waals surface area (Å²) in [7, 11) is 1.85. The summed E-state index contributed by atoms with van der Waals surface area (Å²) >= 11 is 5.59. The first-order valence-electron chi connectivity index (χ1n) is 6.46. The molecule has 6 nitrogen and oxygen atoms in total. The fraction of sp³-hybridized carbons (Fsp3) is 0.0667. The molecule has 22 heavy (non-hydrogen) atoms. The van der Waals surface area contributed by atoms with Gasteiger partial charge in [-0.3, -0.25) is 20.4 Å². The standard InChI is InChI=1S/C15H12ClN3O3/c1-19-8-10(9-4-2-3-5-11(9)19)14(20)17-18-15(21)12-6-7-13(16)22-12/h2-8H,1H3,(H,17,20)(H,18,21). The Morgan fingerprint density at radius 2 is 1.82 bits per heavy atom. The highest BCUT2D eigenvalue weighted by Crippen LogP contribution is 2.20. The molecule has 0 spiro atoms. The summed E-state index contributed by atoms with van der Waals surface area (Å²) in [6.45, 7) is 0. The number of carbonyl (C=O) groups is 2. The van der Waals surface area contributed by atoms with E-state index in [0.717, 1.165) is 10.9 Å². The molecule has 0 bridgehead atoms. The van der Waals surface area contributed by atoms with E-state index in [1.165, 1.54) is 12.1 Å². The minimum absolute atomic E-state index is 0.0169. The molecule has 0 radical (unpaired) electrons. The summed E-state index contributed by atoms with van der Waals surface area (Å²) in [6.07, 6.45) is 1.70. The van der Waals surface area contributed by atoms with Gasteiger partial charge >= 0.3 is 5.91 Å². The van der Waals surface area contributed by atoms with Gasteiger partial charge in [-0.15, -0.1) is 0 Å². The molecular weight excluding hydrogens is 306 g/mol. The number of hydrogen-bond donors (Lipinski definition) is 2. The Labute approximate surface area is 130 Å². The normalized spacial score (nSPS) is 10.6. The second kappa shape index (κ2) is 5.57. The van der Waals surface area contributed by atoms with Crippen LogP contribution in [0.5, 0.6) is 0 Å². The highest BCUT2D eigenvalue weighted by molar-refractivity contribution is 6.29. The van der Waals surface area contributed by atoms with Crippen molar-refractivity contribution in [3.63, 3.8) is 0 Å². The maximum atomic E-state index is 12.2.